The molecule has 0 aliphatic heterocycles. The second-order valence-corrected chi connectivity index (χ2v) is 4.36. The number of esters is 1. The first-order valence-corrected chi connectivity index (χ1v) is 6.74. The lowest BCUT2D eigenvalue weighted by Gasteiger charge is -2.17. The van der Waals surface area contributed by atoms with E-state index in [9.17, 15) is 14.9 Å². The molecule has 0 bridgehead atoms. The van der Waals surface area contributed by atoms with Gasteiger partial charge < -0.3 is 14.6 Å². The molecule has 0 radical (unpaired) electrons. The predicted octanol–water partition coefficient (Wildman–Crippen LogP) is 2.20. The molecule has 1 atom stereocenters. The summed E-state index contributed by atoms with van der Waals surface area (Å²) in [7, 11) is 0. The van der Waals surface area contributed by atoms with E-state index in [0.717, 1.165) is 0 Å². The summed E-state index contributed by atoms with van der Waals surface area (Å²) in [4.78, 5) is 22.2. The molecule has 0 saturated carbocycles. The molecule has 1 rings (SSSR count). The van der Waals surface area contributed by atoms with Gasteiger partial charge in [0.2, 0.25) is 0 Å². The van der Waals surface area contributed by atoms with Crippen LogP contribution >= 0.6 is 0 Å². The van der Waals surface area contributed by atoms with Gasteiger partial charge >= 0.3 is 11.7 Å². The van der Waals surface area contributed by atoms with Crippen molar-refractivity contribution in [1.29, 1.82) is 0 Å². The van der Waals surface area contributed by atoms with Crippen molar-refractivity contribution in [3.05, 3.63) is 33.9 Å². The number of hydrogen-bond acceptors (Lipinski definition) is 6. The number of nitrogens with zero attached hydrogens (tertiary/aromatic N) is 1. The average molecular weight is 297 g/mol. The van der Waals surface area contributed by atoms with Crippen molar-refractivity contribution in [2.45, 2.75) is 39.4 Å². The van der Waals surface area contributed by atoms with Crippen LogP contribution in [0.25, 0.3) is 0 Å². The maximum Gasteiger partial charge on any atom is 0.347 e. The molecule has 21 heavy (non-hydrogen) atoms. The van der Waals surface area contributed by atoms with Gasteiger partial charge in [0.1, 0.15) is 0 Å². The van der Waals surface area contributed by atoms with E-state index in [1.165, 1.54) is 18.2 Å². The van der Waals surface area contributed by atoms with Crippen molar-refractivity contribution in [3.63, 3.8) is 0 Å². The molecule has 0 heterocycles. The van der Waals surface area contributed by atoms with E-state index in [4.69, 9.17) is 14.6 Å². The van der Waals surface area contributed by atoms with Crippen molar-refractivity contribution >= 4 is 11.7 Å². The third-order valence-electron chi connectivity index (χ3n) is 2.77. The molecule has 0 aromatic heterocycles. The topological polar surface area (TPSA) is 98.9 Å². The molecule has 1 aromatic carbocycles. The predicted molar refractivity (Wildman–Crippen MR) is 75.0 cm³/mol. The summed E-state index contributed by atoms with van der Waals surface area (Å²) >= 11 is 0. The van der Waals surface area contributed by atoms with Crippen molar-refractivity contribution in [2.24, 2.45) is 0 Å². The number of hydrogen-bond donors (Lipinski definition) is 1. The molecule has 1 N–H and O–H groups in total. The van der Waals surface area contributed by atoms with Crippen molar-refractivity contribution in [3.8, 4) is 5.75 Å². The maximum atomic E-state index is 11.8. The molecule has 1 aromatic rings. The van der Waals surface area contributed by atoms with Crippen LogP contribution in [-0.2, 0) is 16.1 Å². The number of benzene rings is 1. The number of ether oxygens (including phenoxy) is 2. The van der Waals surface area contributed by atoms with Crippen molar-refractivity contribution < 1.29 is 24.3 Å². The van der Waals surface area contributed by atoms with Gasteiger partial charge in [-0.25, -0.2) is 4.79 Å². The van der Waals surface area contributed by atoms with Crippen LogP contribution in [0.2, 0.25) is 0 Å². The van der Waals surface area contributed by atoms with Gasteiger partial charge in [0.05, 0.1) is 18.1 Å². The summed E-state index contributed by atoms with van der Waals surface area (Å²) in [5.41, 5.74) is 0.215. The number of aliphatic hydroxyl groups is 1. The zero-order chi connectivity index (χ0) is 15.8. The second kappa shape index (κ2) is 8.21. The van der Waals surface area contributed by atoms with Crippen LogP contribution in [0.15, 0.2) is 18.2 Å². The van der Waals surface area contributed by atoms with Crippen LogP contribution < -0.4 is 4.74 Å². The Morgan fingerprint density at radius 2 is 2.14 bits per heavy atom. The molecule has 0 aliphatic rings. The lowest BCUT2D eigenvalue weighted by atomic mass is 10.1. The Kier molecular flexibility index (Phi) is 6.61. The third kappa shape index (κ3) is 4.71. The van der Waals surface area contributed by atoms with Crippen LogP contribution in [0.4, 0.5) is 5.69 Å². The number of nitro benzene ring substituents is 1. The van der Waals surface area contributed by atoms with Gasteiger partial charge in [0.25, 0.3) is 0 Å². The summed E-state index contributed by atoms with van der Waals surface area (Å²) in [5, 5.41) is 20.1. The first-order valence-electron chi connectivity index (χ1n) is 6.74. The Balaban J connectivity index is 3.05. The molecule has 1 unspecified atom stereocenters. The highest BCUT2D eigenvalue weighted by atomic mass is 16.6. The first kappa shape index (κ1) is 16.9. The number of nitro groups is 1. The van der Waals surface area contributed by atoms with Gasteiger partial charge in [-0.2, -0.15) is 0 Å². The number of aliphatic hydroxyl groups excluding tert-OH is 1. The zero-order valence-corrected chi connectivity index (χ0v) is 12.1. The minimum atomic E-state index is -0.900. The third-order valence-corrected chi connectivity index (χ3v) is 2.77. The fourth-order valence-electron chi connectivity index (χ4n) is 1.78. The fraction of sp³-hybridized carbons (Fsp3) is 0.500. The van der Waals surface area contributed by atoms with Crippen LogP contribution in [0.5, 0.6) is 5.75 Å². The zero-order valence-electron chi connectivity index (χ0n) is 12.1. The highest BCUT2D eigenvalue weighted by Crippen LogP contribution is 2.29. The van der Waals surface area contributed by atoms with E-state index < -0.39 is 17.0 Å². The molecule has 7 nitrogen and oxygen atoms in total. The Bertz CT molecular complexity index is 502. The Hall–Kier alpha value is -2.15. The minimum absolute atomic E-state index is 0.0435. The van der Waals surface area contributed by atoms with E-state index >= 15 is 0 Å². The lowest BCUT2D eigenvalue weighted by molar-refractivity contribution is -0.386. The number of carbonyl (C=O) groups is 1. The molecule has 116 valence electrons. The van der Waals surface area contributed by atoms with Crippen molar-refractivity contribution in [1.82, 2.24) is 0 Å². The van der Waals surface area contributed by atoms with Gasteiger partial charge in [-0.05, 0) is 31.0 Å². The fourth-order valence-corrected chi connectivity index (χ4v) is 1.78. The van der Waals surface area contributed by atoms with Crippen LogP contribution in [0, 0.1) is 10.1 Å². The largest absolute Gasteiger partial charge is 0.472 e. The van der Waals surface area contributed by atoms with E-state index in [1.807, 2.05) is 6.92 Å². The van der Waals surface area contributed by atoms with E-state index in [1.54, 1.807) is 6.92 Å². The molecular formula is C14H19NO6. The van der Waals surface area contributed by atoms with Gasteiger partial charge in [0, 0.05) is 6.07 Å². The monoisotopic (exact) mass is 297 g/mol. The smallest absolute Gasteiger partial charge is 0.347 e. The molecule has 0 spiro atoms. The number of carbonyl (C=O) groups excluding carboxylic acids is 1. The number of rotatable bonds is 8. The summed E-state index contributed by atoms with van der Waals surface area (Å²) in [6.07, 6.45) is 0.152. The molecule has 0 aliphatic carbocycles. The normalized spacial score (nSPS) is 11.8. The first-order chi connectivity index (χ1) is 10.0. The average Bonchev–Trinajstić information content (AvgIpc) is 2.46. The second-order valence-electron chi connectivity index (χ2n) is 4.36. The minimum Gasteiger partial charge on any atom is -0.472 e. The highest BCUT2D eigenvalue weighted by molar-refractivity contribution is 5.75. The maximum absolute atomic E-state index is 11.8. The SMILES string of the molecule is CCCC(Oc1cc(CO)ccc1[N+](=O)[O-])C(=O)OCC. The van der Waals surface area contributed by atoms with Crippen LogP contribution in [0.3, 0.4) is 0 Å². The quantitative estimate of drug-likeness (QED) is 0.448. The van der Waals surface area contributed by atoms with Crippen molar-refractivity contribution in [2.75, 3.05) is 6.61 Å². The van der Waals surface area contributed by atoms with E-state index in [2.05, 4.69) is 0 Å². The van der Waals surface area contributed by atoms with E-state index in [0.29, 0.717) is 18.4 Å². The Labute approximate surface area is 122 Å². The van der Waals surface area contributed by atoms with Crippen LogP contribution in [0.1, 0.15) is 32.3 Å². The van der Waals surface area contributed by atoms with E-state index in [-0.39, 0.29) is 24.7 Å². The molecule has 0 amide bonds. The van der Waals surface area contributed by atoms with Gasteiger partial charge in [-0.15, -0.1) is 0 Å². The molecule has 0 saturated heterocycles. The van der Waals surface area contributed by atoms with Gasteiger partial charge in [0.15, 0.2) is 11.9 Å². The standard InChI is InChI=1S/C14H19NO6/c1-3-5-12(14(17)20-4-2)21-13-8-10(9-16)6-7-11(13)15(18)19/h6-8,12,16H,3-5,9H2,1-2H3. The van der Waals surface area contributed by atoms with Gasteiger partial charge in [-0.1, -0.05) is 13.3 Å². The molecular weight excluding hydrogens is 278 g/mol. The summed E-state index contributed by atoms with van der Waals surface area (Å²) in [5.74, 6) is -0.596. The summed E-state index contributed by atoms with van der Waals surface area (Å²) in [6.45, 7) is 3.48. The summed E-state index contributed by atoms with van der Waals surface area (Å²) < 4.78 is 10.4. The van der Waals surface area contributed by atoms with Crippen LogP contribution in [-0.4, -0.2) is 28.7 Å². The lowest BCUT2D eigenvalue weighted by Crippen LogP contribution is -2.29. The highest BCUT2D eigenvalue weighted by Gasteiger charge is 2.25. The summed E-state index contributed by atoms with van der Waals surface area (Å²) in [6, 6.07) is 4.04. The molecule has 7 heteroatoms. The van der Waals surface area contributed by atoms with Gasteiger partial charge in [-0.3, -0.25) is 10.1 Å². The molecule has 0 fully saturated rings. The Morgan fingerprint density at radius 3 is 2.67 bits per heavy atom. The Morgan fingerprint density at radius 1 is 1.43 bits per heavy atom.